The minimum atomic E-state index is -0.862. The van der Waals surface area contributed by atoms with Gasteiger partial charge < -0.3 is 14.7 Å². The van der Waals surface area contributed by atoms with Crippen molar-refractivity contribution < 1.29 is 19.0 Å². The summed E-state index contributed by atoms with van der Waals surface area (Å²) in [6, 6.07) is 22.7. The molecule has 1 aliphatic rings. The Labute approximate surface area is 212 Å². The first-order valence-corrected chi connectivity index (χ1v) is 12.2. The Kier molecular flexibility index (Phi) is 8.59. The van der Waals surface area contributed by atoms with E-state index in [0.717, 1.165) is 55.3 Å². The van der Waals surface area contributed by atoms with Crippen LogP contribution in [0.2, 0.25) is 0 Å². The first kappa shape index (κ1) is 25.3. The number of halogens is 1. The van der Waals surface area contributed by atoms with Gasteiger partial charge >= 0.3 is 5.97 Å². The molecule has 0 aliphatic carbocycles. The third-order valence-electron chi connectivity index (χ3n) is 6.38. The number of nitrogens with zero attached hydrogens (tertiary/aromatic N) is 2. The summed E-state index contributed by atoms with van der Waals surface area (Å²) in [5.74, 6) is 5.13. The third-order valence-corrected chi connectivity index (χ3v) is 6.38. The highest BCUT2D eigenvalue weighted by Gasteiger charge is 2.17. The molecule has 0 radical (unpaired) electrons. The van der Waals surface area contributed by atoms with E-state index in [-0.39, 0.29) is 18.2 Å². The number of aliphatic carboxylic acids is 1. The molecule has 0 amide bonds. The van der Waals surface area contributed by atoms with Gasteiger partial charge in [0.1, 0.15) is 18.2 Å². The number of carboxylic acids is 1. The number of hydrogen-bond donors (Lipinski definition) is 1. The molecular weight excluding hydrogens is 455 g/mol. The van der Waals surface area contributed by atoms with Gasteiger partial charge in [0.2, 0.25) is 0 Å². The van der Waals surface area contributed by atoms with Crippen LogP contribution in [-0.4, -0.2) is 42.2 Å². The molecule has 3 aromatic carbocycles. The lowest BCUT2D eigenvalue weighted by molar-refractivity contribution is -0.137. The smallest absolute Gasteiger partial charge is 0.304 e. The van der Waals surface area contributed by atoms with Crippen molar-refractivity contribution in [3.63, 3.8) is 0 Å². The zero-order valence-electron chi connectivity index (χ0n) is 20.5. The number of hydrogen-bond acceptors (Lipinski definition) is 4. The third kappa shape index (κ3) is 7.10. The number of rotatable bonds is 9. The molecule has 3 aromatic rings. The molecule has 1 aliphatic heterocycles. The molecule has 0 saturated carbocycles. The number of carboxylic acid groups (broad SMARTS) is 1. The van der Waals surface area contributed by atoms with E-state index in [1.54, 1.807) is 6.92 Å². The lowest BCUT2D eigenvalue weighted by Crippen LogP contribution is -2.45. The summed E-state index contributed by atoms with van der Waals surface area (Å²) < 4.78 is 19.1. The lowest BCUT2D eigenvalue weighted by atomic mass is 9.96. The van der Waals surface area contributed by atoms with Crippen molar-refractivity contribution in [1.29, 1.82) is 0 Å². The number of piperazine rings is 1. The van der Waals surface area contributed by atoms with Gasteiger partial charge in [-0.15, -0.1) is 5.92 Å². The Morgan fingerprint density at radius 3 is 2.19 bits per heavy atom. The molecule has 0 unspecified atom stereocenters. The number of carbonyl (C=O) groups is 1. The average Bonchev–Trinajstić information content (AvgIpc) is 2.89. The zero-order valence-corrected chi connectivity index (χ0v) is 20.5. The highest BCUT2D eigenvalue weighted by atomic mass is 19.1. The maximum Gasteiger partial charge on any atom is 0.304 e. The molecule has 1 heterocycles. The molecule has 1 fully saturated rings. The van der Waals surface area contributed by atoms with Crippen LogP contribution in [0.4, 0.5) is 10.1 Å². The summed E-state index contributed by atoms with van der Waals surface area (Å²) in [5.41, 5.74) is 4.30. The van der Waals surface area contributed by atoms with Gasteiger partial charge in [0.05, 0.1) is 12.3 Å². The zero-order chi connectivity index (χ0) is 25.3. The second-order valence-corrected chi connectivity index (χ2v) is 8.96. The van der Waals surface area contributed by atoms with Crippen molar-refractivity contribution in [1.82, 2.24) is 4.90 Å². The number of benzene rings is 3. The summed E-state index contributed by atoms with van der Waals surface area (Å²) >= 11 is 0. The first-order chi connectivity index (χ1) is 17.5. The molecule has 1 atom stereocenters. The van der Waals surface area contributed by atoms with Gasteiger partial charge in [0, 0.05) is 38.4 Å². The largest absolute Gasteiger partial charge is 0.489 e. The predicted molar refractivity (Wildman–Crippen MR) is 140 cm³/mol. The van der Waals surface area contributed by atoms with Gasteiger partial charge in [-0.25, -0.2) is 4.39 Å². The Morgan fingerprint density at radius 1 is 0.944 bits per heavy atom. The van der Waals surface area contributed by atoms with Crippen LogP contribution in [0.25, 0.3) is 0 Å². The van der Waals surface area contributed by atoms with E-state index in [1.807, 2.05) is 36.4 Å². The Balaban J connectivity index is 1.24. The van der Waals surface area contributed by atoms with E-state index in [4.69, 9.17) is 9.84 Å². The molecule has 1 N–H and O–H groups in total. The Bertz CT molecular complexity index is 1190. The van der Waals surface area contributed by atoms with Crippen molar-refractivity contribution in [2.24, 2.45) is 0 Å². The second-order valence-electron chi connectivity index (χ2n) is 8.96. The van der Waals surface area contributed by atoms with Crippen LogP contribution in [0, 0.1) is 17.7 Å². The van der Waals surface area contributed by atoms with E-state index < -0.39 is 5.97 Å². The fraction of sp³-hybridized carbons (Fsp3) is 0.300. The fourth-order valence-corrected chi connectivity index (χ4v) is 4.38. The summed E-state index contributed by atoms with van der Waals surface area (Å²) in [6.07, 6.45) is -0.0165. The normalized spacial score (nSPS) is 14.6. The average molecular weight is 487 g/mol. The molecule has 186 valence electrons. The van der Waals surface area contributed by atoms with Crippen molar-refractivity contribution in [3.8, 4) is 17.6 Å². The van der Waals surface area contributed by atoms with Crippen molar-refractivity contribution in [2.45, 2.75) is 32.4 Å². The minimum absolute atomic E-state index is 0.0165. The molecule has 4 rings (SSSR count). The van der Waals surface area contributed by atoms with Crippen LogP contribution in [0.5, 0.6) is 5.75 Å². The van der Waals surface area contributed by atoms with E-state index >= 15 is 0 Å². The number of ether oxygens (including phenoxy) is 1. The van der Waals surface area contributed by atoms with Gasteiger partial charge in [0.15, 0.2) is 0 Å². The van der Waals surface area contributed by atoms with Crippen LogP contribution in [0.1, 0.15) is 36.0 Å². The molecule has 5 nitrogen and oxygen atoms in total. The highest BCUT2D eigenvalue weighted by Crippen LogP contribution is 2.23. The monoisotopic (exact) mass is 486 g/mol. The van der Waals surface area contributed by atoms with Crippen LogP contribution in [0.3, 0.4) is 0 Å². The molecule has 0 aromatic heterocycles. The summed E-state index contributed by atoms with van der Waals surface area (Å²) in [7, 11) is 0. The van der Waals surface area contributed by atoms with Gasteiger partial charge in [0.25, 0.3) is 0 Å². The molecule has 6 heteroatoms. The van der Waals surface area contributed by atoms with Gasteiger partial charge in [-0.1, -0.05) is 42.3 Å². The Hall–Kier alpha value is -3.82. The van der Waals surface area contributed by atoms with E-state index in [0.29, 0.717) is 6.61 Å². The summed E-state index contributed by atoms with van der Waals surface area (Å²) in [6.45, 7) is 6.87. The quantitative estimate of drug-likeness (QED) is 0.416. The standard InChI is InChI=1S/C30H31FN2O3/c1-2-3-26(20-30(34)35)25-8-14-29(15-9-25)36-22-24-6-4-23(5-7-24)21-32-16-18-33(19-17-32)28-12-10-27(31)11-13-28/h4-15,26H,16-22H2,1H3,(H,34,35)/t26-/m0/s1. The molecule has 1 saturated heterocycles. The number of anilines is 1. The van der Waals surface area contributed by atoms with E-state index in [2.05, 4.69) is 45.9 Å². The molecule has 36 heavy (non-hydrogen) atoms. The highest BCUT2D eigenvalue weighted by molar-refractivity contribution is 5.69. The van der Waals surface area contributed by atoms with Crippen molar-refractivity contribution in [2.75, 3.05) is 31.1 Å². The predicted octanol–water partition coefficient (Wildman–Crippen LogP) is 5.31. The SMILES string of the molecule is CC#C[C@@H](CC(=O)O)c1ccc(OCc2ccc(CN3CCN(c4ccc(F)cc4)CC3)cc2)cc1. The summed E-state index contributed by atoms with van der Waals surface area (Å²) in [5, 5.41) is 9.10. The van der Waals surface area contributed by atoms with E-state index in [1.165, 1.54) is 17.7 Å². The topological polar surface area (TPSA) is 53.0 Å². The second kappa shape index (κ2) is 12.2. The van der Waals surface area contributed by atoms with Crippen molar-refractivity contribution in [3.05, 3.63) is 95.3 Å². The Morgan fingerprint density at radius 2 is 1.58 bits per heavy atom. The van der Waals surface area contributed by atoms with Crippen LogP contribution in [-0.2, 0) is 17.9 Å². The van der Waals surface area contributed by atoms with Crippen LogP contribution >= 0.6 is 0 Å². The maximum atomic E-state index is 13.2. The van der Waals surface area contributed by atoms with E-state index in [9.17, 15) is 9.18 Å². The van der Waals surface area contributed by atoms with Gasteiger partial charge in [-0.3, -0.25) is 9.69 Å². The molecule has 0 spiro atoms. The molecule has 0 bridgehead atoms. The van der Waals surface area contributed by atoms with Gasteiger partial charge in [-0.05, 0) is 60.0 Å². The minimum Gasteiger partial charge on any atom is -0.489 e. The molecular formula is C30H31FN2O3. The summed E-state index contributed by atoms with van der Waals surface area (Å²) in [4.78, 5) is 15.8. The van der Waals surface area contributed by atoms with Crippen LogP contribution < -0.4 is 9.64 Å². The maximum absolute atomic E-state index is 13.2. The van der Waals surface area contributed by atoms with Crippen molar-refractivity contribution >= 4 is 11.7 Å². The van der Waals surface area contributed by atoms with Gasteiger partial charge in [-0.2, -0.15) is 0 Å². The fourth-order valence-electron chi connectivity index (χ4n) is 4.38. The van der Waals surface area contributed by atoms with Crippen LogP contribution in [0.15, 0.2) is 72.8 Å². The lowest BCUT2D eigenvalue weighted by Gasteiger charge is -2.36. The first-order valence-electron chi connectivity index (χ1n) is 12.2.